The van der Waals surface area contributed by atoms with Gasteiger partial charge in [-0.1, -0.05) is 18.2 Å². The van der Waals surface area contributed by atoms with Gasteiger partial charge in [0.2, 0.25) is 5.12 Å². The van der Waals surface area contributed by atoms with Crippen LogP contribution in [0.2, 0.25) is 0 Å². The number of hydrogen-bond donors (Lipinski definition) is 2. The highest BCUT2D eigenvalue weighted by molar-refractivity contribution is 8.27. The molecule has 29 heavy (non-hydrogen) atoms. The molecule has 2 aromatic carbocycles. The number of phenols is 1. The quantitative estimate of drug-likeness (QED) is 0.734. The molecular weight excluding hydrogens is 390 g/mol. The maximum atomic E-state index is 11.7. The Morgan fingerprint density at radius 2 is 2.00 bits per heavy atom. The molecule has 2 aliphatic rings. The zero-order chi connectivity index (χ0) is 20.6. The third kappa shape index (κ3) is 4.10. The Kier molecular flexibility index (Phi) is 5.00. The van der Waals surface area contributed by atoms with Crippen LogP contribution in [0.4, 0.5) is 4.79 Å². The van der Waals surface area contributed by atoms with Crippen LogP contribution in [0.25, 0.3) is 6.08 Å². The summed E-state index contributed by atoms with van der Waals surface area (Å²) in [5, 5.41) is 11.8. The number of aryl methyl sites for hydroxylation is 1. The average molecular weight is 411 g/mol. The number of rotatable bonds is 4. The zero-order valence-electron chi connectivity index (χ0n) is 16.2. The van der Waals surface area contributed by atoms with Gasteiger partial charge in [-0.25, -0.2) is 0 Å². The van der Waals surface area contributed by atoms with Crippen molar-refractivity contribution in [1.29, 1.82) is 0 Å². The lowest BCUT2D eigenvalue weighted by Gasteiger charge is -2.36. The van der Waals surface area contributed by atoms with Crippen molar-refractivity contribution in [2.24, 2.45) is 0 Å². The van der Waals surface area contributed by atoms with Gasteiger partial charge >= 0.3 is 0 Å². The van der Waals surface area contributed by atoms with Gasteiger partial charge in [0.25, 0.3) is 5.24 Å². The molecule has 6 nitrogen and oxygen atoms in total. The molecular formula is C22H21NO5S. The Morgan fingerprint density at radius 1 is 1.24 bits per heavy atom. The van der Waals surface area contributed by atoms with Gasteiger partial charge in [0.05, 0.1) is 5.70 Å². The number of thioether (sulfide) groups is 1. The molecule has 0 spiro atoms. The first-order valence-electron chi connectivity index (χ1n) is 9.31. The predicted molar refractivity (Wildman–Crippen MR) is 111 cm³/mol. The molecule has 0 aromatic heterocycles. The smallest absolute Gasteiger partial charge is 0.291 e. The van der Waals surface area contributed by atoms with Gasteiger partial charge in [-0.3, -0.25) is 9.59 Å². The van der Waals surface area contributed by atoms with E-state index in [0.717, 1.165) is 35.3 Å². The second-order valence-electron chi connectivity index (χ2n) is 7.47. The lowest BCUT2D eigenvalue weighted by atomic mass is 9.92. The van der Waals surface area contributed by atoms with Crippen molar-refractivity contribution in [3.63, 3.8) is 0 Å². The van der Waals surface area contributed by atoms with Crippen LogP contribution in [-0.2, 0) is 11.2 Å². The standard InChI is InChI=1S/C22H21NO5S/c1-13-18(24)8-5-15-9-10-22(2,28-19(13)15)12-27-16-6-3-14(4-7-16)11-17-20(25)29-21(26)23-17/h3-8,11,24H,9-10,12H2,1-2H3,(H,23,26). The summed E-state index contributed by atoms with van der Waals surface area (Å²) < 4.78 is 12.2. The number of aromatic hydroxyl groups is 1. The molecule has 0 bridgehead atoms. The van der Waals surface area contributed by atoms with Crippen molar-refractivity contribution < 1.29 is 24.2 Å². The van der Waals surface area contributed by atoms with Gasteiger partial charge < -0.3 is 19.9 Å². The third-order valence-electron chi connectivity index (χ3n) is 5.11. The number of hydrogen-bond acceptors (Lipinski definition) is 6. The summed E-state index contributed by atoms with van der Waals surface area (Å²) >= 11 is 0.660. The minimum atomic E-state index is -0.496. The summed E-state index contributed by atoms with van der Waals surface area (Å²) in [4.78, 5) is 22.9. The highest BCUT2D eigenvalue weighted by Crippen LogP contribution is 2.39. The van der Waals surface area contributed by atoms with Crippen LogP contribution < -0.4 is 14.8 Å². The Balaban J connectivity index is 1.41. The summed E-state index contributed by atoms with van der Waals surface area (Å²) in [6.45, 7) is 4.22. The summed E-state index contributed by atoms with van der Waals surface area (Å²) in [5.74, 6) is 1.66. The van der Waals surface area contributed by atoms with E-state index in [1.165, 1.54) is 0 Å². The van der Waals surface area contributed by atoms with E-state index in [2.05, 4.69) is 5.32 Å². The van der Waals surface area contributed by atoms with Crippen LogP contribution in [0.5, 0.6) is 17.2 Å². The molecule has 2 heterocycles. The monoisotopic (exact) mass is 411 g/mol. The normalized spacial score (nSPS) is 22.2. The maximum absolute atomic E-state index is 11.7. The SMILES string of the molecule is Cc1c(O)ccc2c1OC(C)(COc1ccc(C=C3NC(=O)SC3=O)cc1)CC2. The van der Waals surface area contributed by atoms with Crippen LogP contribution in [0, 0.1) is 6.92 Å². The van der Waals surface area contributed by atoms with Crippen molar-refractivity contribution in [3.8, 4) is 17.2 Å². The summed E-state index contributed by atoms with van der Waals surface area (Å²) in [7, 11) is 0. The van der Waals surface area contributed by atoms with Crippen molar-refractivity contribution in [1.82, 2.24) is 5.32 Å². The van der Waals surface area contributed by atoms with E-state index in [0.29, 0.717) is 24.1 Å². The Bertz CT molecular complexity index is 1010. The van der Waals surface area contributed by atoms with Gasteiger partial charge in [0.15, 0.2) is 0 Å². The fraction of sp³-hybridized carbons (Fsp3) is 0.273. The maximum Gasteiger partial charge on any atom is 0.291 e. The second kappa shape index (κ2) is 7.48. The Labute approximate surface area is 172 Å². The van der Waals surface area contributed by atoms with E-state index >= 15 is 0 Å². The molecule has 2 N–H and O–H groups in total. The number of carbonyl (C=O) groups excluding carboxylic acids is 2. The zero-order valence-corrected chi connectivity index (χ0v) is 17.0. The van der Waals surface area contributed by atoms with Gasteiger partial charge in [-0.05, 0) is 62.1 Å². The molecule has 2 aromatic rings. The van der Waals surface area contributed by atoms with Crippen molar-refractivity contribution in [2.75, 3.05) is 6.61 Å². The number of amides is 1. The van der Waals surface area contributed by atoms with Crippen LogP contribution in [0.1, 0.15) is 30.0 Å². The minimum absolute atomic E-state index is 0.231. The largest absolute Gasteiger partial charge is 0.508 e. The highest BCUT2D eigenvalue weighted by Gasteiger charge is 2.34. The van der Waals surface area contributed by atoms with E-state index < -0.39 is 5.60 Å². The van der Waals surface area contributed by atoms with Gasteiger partial charge in [-0.15, -0.1) is 0 Å². The molecule has 0 aliphatic carbocycles. The molecule has 0 radical (unpaired) electrons. The predicted octanol–water partition coefficient (Wildman–Crippen LogP) is 4.19. The molecule has 1 unspecified atom stereocenters. The van der Waals surface area contributed by atoms with E-state index in [-0.39, 0.29) is 21.8 Å². The van der Waals surface area contributed by atoms with Crippen molar-refractivity contribution in [2.45, 2.75) is 32.3 Å². The molecule has 7 heteroatoms. The van der Waals surface area contributed by atoms with Crippen LogP contribution in [0.15, 0.2) is 42.1 Å². The first-order chi connectivity index (χ1) is 13.8. The molecule has 2 aliphatic heterocycles. The first kappa shape index (κ1) is 19.4. The van der Waals surface area contributed by atoms with E-state index in [1.807, 2.05) is 44.2 Å². The second-order valence-corrected chi connectivity index (χ2v) is 8.41. The topological polar surface area (TPSA) is 84.9 Å². The summed E-state index contributed by atoms with van der Waals surface area (Å²) in [6, 6.07) is 10.9. The van der Waals surface area contributed by atoms with Crippen molar-refractivity contribution in [3.05, 3.63) is 58.8 Å². The minimum Gasteiger partial charge on any atom is -0.508 e. The summed E-state index contributed by atoms with van der Waals surface area (Å²) in [5.41, 5.74) is 2.43. The number of ether oxygens (including phenoxy) is 2. The molecule has 1 fully saturated rings. The number of phenolic OH excluding ortho intramolecular Hbond substituents is 1. The number of fused-ring (bicyclic) bond motifs is 1. The van der Waals surface area contributed by atoms with Crippen LogP contribution in [0.3, 0.4) is 0 Å². The first-order valence-corrected chi connectivity index (χ1v) is 10.1. The van der Waals surface area contributed by atoms with Gasteiger partial charge in [-0.2, -0.15) is 0 Å². The third-order valence-corrected chi connectivity index (χ3v) is 5.80. The van der Waals surface area contributed by atoms with Crippen LogP contribution >= 0.6 is 11.8 Å². The van der Waals surface area contributed by atoms with Gasteiger partial charge in [0, 0.05) is 17.3 Å². The summed E-state index contributed by atoms with van der Waals surface area (Å²) in [6.07, 6.45) is 3.32. The molecule has 0 saturated carbocycles. The Morgan fingerprint density at radius 3 is 2.69 bits per heavy atom. The lowest BCUT2D eigenvalue weighted by Crippen LogP contribution is -2.42. The van der Waals surface area contributed by atoms with Crippen LogP contribution in [-0.4, -0.2) is 27.7 Å². The van der Waals surface area contributed by atoms with E-state index in [4.69, 9.17) is 9.47 Å². The van der Waals surface area contributed by atoms with E-state index in [9.17, 15) is 14.7 Å². The lowest BCUT2D eigenvalue weighted by molar-refractivity contribution is -0.107. The fourth-order valence-corrected chi connectivity index (χ4v) is 3.91. The Hall–Kier alpha value is -2.93. The molecule has 4 rings (SSSR count). The van der Waals surface area contributed by atoms with E-state index in [1.54, 1.807) is 12.1 Å². The molecule has 150 valence electrons. The molecule has 1 atom stereocenters. The average Bonchev–Trinajstić information content (AvgIpc) is 3.01. The molecule has 1 amide bonds. The number of carbonyl (C=O) groups is 2. The fourth-order valence-electron chi connectivity index (χ4n) is 3.36. The number of benzene rings is 2. The van der Waals surface area contributed by atoms with Crippen molar-refractivity contribution >= 4 is 28.2 Å². The van der Waals surface area contributed by atoms with Gasteiger partial charge in [0.1, 0.15) is 29.5 Å². The number of nitrogens with one attached hydrogen (secondary N) is 1. The highest BCUT2D eigenvalue weighted by atomic mass is 32.2. The molecule has 1 saturated heterocycles.